The third kappa shape index (κ3) is 1.82. The fraction of sp³-hybridized carbons (Fsp3) is 0. The minimum atomic E-state index is -1.65. The lowest BCUT2D eigenvalue weighted by molar-refractivity contribution is 0.425. The molecule has 0 radical (unpaired) electrons. The highest BCUT2D eigenvalue weighted by molar-refractivity contribution is 6.58. The van der Waals surface area contributed by atoms with Crippen LogP contribution in [0.3, 0.4) is 0 Å². The van der Waals surface area contributed by atoms with Crippen LogP contribution in [0.25, 0.3) is 0 Å². The van der Waals surface area contributed by atoms with Crippen molar-refractivity contribution in [2.45, 2.75) is 0 Å². The van der Waals surface area contributed by atoms with Gasteiger partial charge in [0.25, 0.3) is 0 Å². The maximum absolute atomic E-state index is 10.7. The van der Waals surface area contributed by atoms with Crippen LogP contribution in [0.4, 0.5) is 5.82 Å². The van der Waals surface area contributed by atoms with Gasteiger partial charge in [-0.25, -0.2) is 0 Å². The smallest absolute Gasteiger partial charge is 0.423 e. The second-order valence-corrected chi connectivity index (χ2v) is 2.11. The summed E-state index contributed by atoms with van der Waals surface area (Å²) in [6, 6.07) is 2.35. The normalized spacial score (nSPS) is 9.64. The standard InChI is InChI=1S/C5H7BN2O3/c7-4-1-3(6(10)11)2-5(9)8-4/h1-2,10-11H,(H3,7,8,9). The number of hydrogen-bond donors (Lipinski definition) is 4. The molecule has 0 spiro atoms. The number of aromatic amines is 1. The molecule has 5 N–H and O–H groups in total. The highest BCUT2D eigenvalue weighted by Crippen LogP contribution is 1.86. The summed E-state index contributed by atoms with van der Waals surface area (Å²) in [7, 11) is -1.65. The van der Waals surface area contributed by atoms with Crippen LogP contribution in [0.1, 0.15) is 0 Å². The Kier molecular flexibility index (Phi) is 1.97. The zero-order chi connectivity index (χ0) is 8.43. The molecule has 0 bridgehead atoms. The number of pyridine rings is 1. The van der Waals surface area contributed by atoms with E-state index in [9.17, 15) is 4.79 Å². The SMILES string of the molecule is Nc1cc(B(O)O)cc(=O)[nH]1. The summed E-state index contributed by atoms with van der Waals surface area (Å²) < 4.78 is 0. The first kappa shape index (κ1) is 7.84. The molecule has 5 nitrogen and oxygen atoms in total. The summed E-state index contributed by atoms with van der Waals surface area (Å²) in [6.07, 6.45) is 0. The number of rotatable bonds is 1. The van der Waals surface area contributed by atoms with Gasteiger partial charge < -0.3 is 20.8 Å². The van der Waals surface area contributed by atoms with Gasteiger partial charge in [0.15, 0.2) is 0 Å². The molecular formula is C5H7BN2O3. The average Bonchev–Trinajstić information content (AvgIpc) is 1.85. The number of nitrogens with two attached hydrogens (primary N) is 1. The maximum atomic E-state index is 10.7. The van der Waals surface area contributed by atoms with Crippen LogP contribution < -0.4 is 16.8 Å². The van der Waals surface area contributed by atoms with Gasteiger partial charge in [0.05, 0.1) is 0 Å². The fourth-order valence-electron chi connectivity index (χ4n) is 0.736. The van der Waals surface area contributed by atoms with Crippen molar-refractivity contribution in [3.63, 3.8) is 0 Å². The van der Waals surface area contributed by atoms with E-state index in [1.807, 2.05) is 0 Å². The summed E-state index contributed by atoms with van der Waals surface area (Å²) in [4.78, 5) is 12.9. The molecule has 0 unspecified atom stereocenters. The Balaban J connectivity index is 3.19. The number of nitrogens with one attached hydrogen (secondary N) is 1. The molecule has 0 saturated heterocycles. The van der Waals surface area contributed by atoms with Gasteiger partial charge in [0.1, 0.15) is 5.82 Å². The molecule has 0 saturated carbocycles. The summed E-state index contributed by atoms with van der Waals surface area (Å²) in [6.45, 7) is 0. The molecule has 1 rings (SSSR count). The van der Waals surface area contributed by atoms with Crippen molar-refractivity contribution in [1.82, 2.24) is 4.98 Å². The molecule has 0 atom stereocenters. The van der Waals surface area contributed by atoms with E-state index in [1.165, 1.54) is 6.07 Å². The molecule has 0 fully saturated rings. The molecule has 6 heteroatoms. The monoisotopic (exact) mass is 154 g/mol. The van der Waals surface area contributed by atoms with Crippen molar-refractivity contribution in [2.24, 2.45) is 0 Å². The Morgan fingerprint density at radius 3 is 2.55 bits per heavy atom. The number of nitrogen functional groups attached to an aromatic ring is 1. The van der Waals surface area contributed by atoms with Crippen LogP contribution >= 0.6 is 0 Å². The van der Waals surface area contributed by atoms with Gasteiger partial charge in [-0.15, -0.1) is 0 Å². The third-order valence-electron chi connectivity index (χ3n) is 1.19. The van der Waals surface area contributed by atoms with Gasteiger partial charge in [-0.1, -0.05) is 0 Å². The largest absolute Gasteiger partial charge is 0.488 e. The van der Waals surface area contributed by atoms with Gasteiger partial charge in [0, 0.05) is 6.07 Å². The lowest BCUT2D eigenvalue weighted by Crippen LogP contribution is -2.33. The van der Waals surface area contributed by atoms with E-state index in [1.54, 1.807) is 0 Å². The number of anilines is 1. The maximum Gasteiger partial charge on any atom is 0.488 e. The van der Waals surface area contributed by atoms with Crippen LogP contribution in [-0.2, 0) is 0 Å². The van der Waals surface area contributed by atoms with Crippen LogP contribution in [0, 0.1) is 0 Å². The average molecular weight is 154 g/mol. The second-order valence-electron chi connectivity index (χ2n) is 2.11. The van der Waals surface area contributed by atoms with Crippen molar-refractivity contribution >= 4 is 18.4 Å². The third-order valence-corrected chi connectivity index (χ3v) is 1.19. The topological polar surface area (TPSA) is 99.3 Å². The van der Waals surface area contributed by atoms with E-state index in [4.69, 9.17) is 15.8 Å². The van der Waals surface area contributed by atoms with Crippen LogP contribution in [0.2, 0.25) is 0 Å². The van der Waals surface area contributed by atoms with Crippen LogP contribution in [-0.4, -0.2) is 22.2 Å². The van der Waals surface area contributed by atoms with Crippen LogP contribution in [0.15, 0.2) is 16.9 Å². The lowest BCUT2D eigenvalue weighted by atomic mass is 9.81. The van der Waals surface area contributed by atoms with E-state index in [0.29, 0.717) is 0 Å². The fourth-order valence-corrected chi connectivity index (χ4v) is 0.736. The van der Waals surface area contributed by atoms with E-state index in [-0.39, 0.29) is 11.3 Å². The van der Waals surface area contributed by atoms with E-state index in [0.717, 1.165) is 6.07 Å². The lowest BCUT2D eigenvalue weighted by Gasteiger charge is -1.98. The second kappa shape index (κ2) is 2.77. The predicted octanol–water partition coefficient (Wildman–Crippen LogP) is -2.36. The molecule has 0 aliphatic carbocycles. The van der Waals surface area contributed by atoms with Crippen LogP contribution in [0.5, 0.6) is 0 Å². The molecule has 1 heterocycles. The van der Waals surface area contributed by atoms with Crippen molar-refractivity contribution in [3.8, 4) is 0 Å². The zero-order valence-corrected chi connectivity index (χ0v) is 5.61. The van der Waals surface area contributed by atoms with Crippen molar-refractivity contribution in [1.29, 1.82) is 0 Å². The molecule has 0 aliphatic rings. The molecule has 1 aromatic rings. The summed E-state index contributed by atoms with van der Waals surface area (Å²) >= 11 is 0. The highest BCUT2D eigenvalue weighted by Gasteiger charge is 2.11. The summed E-state index contributed by atoms with van der Waals surface area (Å²) in [5.74, 6) is 0.112. The van der Waals surface area contributed by atoms with E-state index >= 15 is 0 Å². The van der Waals surface area contributed by atoms with Gasteiger partial charge in [-0.2, -0.15) is 0 Å². The minimum Gasteiger partial charge on any atom is -0.423 e. The van der Waals surface area contributed by atoms with Gasteiger partial charge >= 0.3 is 7.12 Å². The zero-order valence-electron chi connectivity index (χ0n) is 5.61. The first-order valence-electron chi connectivity index (χ1n) is 2.95. The Morgan fingerprint density at radius 1 is 1.45 bits per heavy atom. The first-order valence-corrected chi connectivity index (χ1v) is 2.95. The molecular weight excluding hydrogens is 147 g/mol. The summed E-state index contributed by atoms with van der Waals surface area (Å²) in [5, 5.41) is 17.2. The first-order chi connectivity index (χ1) is 5.09. The van der Waals surface area contributed by atoms with Gasteiger partial charge in [0.2, 0.25) is 5.56 Å². The highest BCUT2D eigenvalue weighted by atomic mass is 16.4. The molecule has 0 amide bonds. The van der Waals surface area contributed by atoms with Crippen molar-refractivity contribution in [2.75, 3.05) is 5.73 Å². The minimum absolute atomic E-state index is 0.0891. The Bertz CT molecular complexity index is 309. The van der Waals surface area contributed by atoms with Gasteiger partial charge in [-0.3, -0.25) is 4.79 Å². The van der Waals surface area contributed by atoms with Crippen molar-refractivity contribution < 1.29 is 10.0 Å². The molecule has 0 aromatic carbocycles. The molecule has 11 heavy (non-hydrogen) atoms. The van der Waals surface area contributed by atoms with E-state index < -0.39 is 12.7 Å². The molecule has 1 aromatic heterocycles. The Labute approximate surface area is 62.6 Å². The predicted molar refractivity (Wildman–Crippen MR) is 41.3 cm³/mol. The number of H-pyrrole nitrogens is 1. The number of aromatic nitrogens is 1. The summed E-state index contributed by atoms with van der Waals surface area (Å²) in [5.41, 5.74) is 4.86. The Morgan fingerprint density at radius 2 is 2.09 bits per heavy atom. The Hall–Kier alpha value is -1.27. The molecule has 0 aliphatic heterocycles. The van der Waals surface area contributed by atoms with Crippen molar-refractivity contribution in [3.05, 3.63) is 22.5 Å². The number of hydrogen-bond acceptors (Lipinski definition) is 4. The van der Waals surface area contributed by atoms with E-state index in [2.05, 4.69) is 4.98 Å². The quantitative estimate of drug-likeness (QED) is 0.340. The van der Waals surface area contributed by atoms with Gasteiger partial charge in [-0.05, 0) is 11.5 Å². The molecule has 58 valence electrons.